The first kappa shape index (κ1) is 19.1. The number of rotatable bonds is 4. The van der Waals surface area contributed by atoms with Crippen LogP contribution in [0.3, 0.4) is 0 Å². The molecule has 132 valence electrons. The average molecular weight is 356 g/mol. The second-order valence-electron chi connectivity index (χ2n) is 5.31. The number of alkyl halides is 3. The molecule has 2 rings (SSSR count). The molecular weight excluding hydrogens is 341 g/mol. The summed E-state index contributed by atoms with van der Waals surface area (Å²) in [5.41, 5.74) is 1.16. The molecule has 0 saturated carbocycles. The number of methoxy groups -OCH3 is 1. The van der Waals surface area contributed by atoms with E-state index in [1.165, 1.54) is 7.11 Å². The predicted molar refractivity (Wildman–Crippen MR) is 92.5 cm³/mol. The summed E-state index contributed by atoms with van der Waals surface area (Å²) in [6, 6.07) is 15.4. The van der Waals surface area contributed by atoms with Gasteiger partial charge < -0.3 is 4.74 Å². The van der Waals surface area contributed by atoms with Crippen molar-refractivity contribution in [3.63, 3.8) is 0 Å². The lowest BCUT2D eigenvalue weighted by atomic mass is 9.94. The maximum Gasteiger partial charge on any atom is 0.450 e. The molecule has 0 aliphatic rings. The highest BCUT2D eigenvalue weighted by molar-refractivity contribution is 5.85. The van der Waals surface area contributed by atoms with Gasteiger partial charge >= 0.3 is 6.18 Å². The Labute approximate surface area is 150 Å². The zero-order chi connectivity index (χ0) is 19.0. The van der Waals surface area contributed by atoms with Crippen LogP contribution in [-0.2, 0) is 4.79 Å². The number of Topliss-reactive ketones (excluding diaryl/α,β-unsaturated/α-hetero) is 1. The molecule has 0 N–H and O–H groups in total. The molecule has 26 heavy (non-hydrogen) atoms. The summed E-state index contributed by atoms with van der Waals surface area (Å²) in [6.45, 7) is 0. The van der Waals surface area contributed by atoms with E-state index in [4.69, 9.17) is 4.74 Å². The minimum absolute atomic E-state index is 0.539. The number of benzene rings is 2. The first-order chi connectivity index (χ1) is 12.4. The standard InChI is InChI=1S/C21H15F3O2/c1-26-19-14-8-7-12-17(19)11-5-6-13-18(15-20(25)21(22,23)24)16-9-3-2-4-10-16/h2-4,7-10,12,14,18H,15H2,1H3/t18-/m1/s1. The second-order valence-corrected chi connectivity index (χ2v) is 5.31. The van der Waals surface area contributed by atoms with Crippen molar-refractivity contribution in [2.24, 2.45) is 0 Å². The quantitative estimate of drug-likeness (QED) is 0.761. The summed E-state index contributed by atoms with van der Waals surface area (Å²) in [7, 11) is 1.51. The smallest absolute Gasteiger partial charge is 0.450 e. The summed E-state index contributed by atoms with van der Waals surface area (Å²) >= 11 is 0. The van der Waals surface area contributed by atoms with Crippen LogP contribution in [0, 0.1) is 23.7 Å². The highest BCUT2D eigenvalue weighted by Gasteiger charge is 2.39. The van der Waals surface area contributed by atoms with Gasteiger partial charge in [0.25, 0.3) is 0 Å². The van der Waals surface area contributed by atoms with Gasteiger partial charge in [0.1, 0.15) is 5.75 Å². The molecule has 0 aliphatic heterocycles. The minimum atomic E-state index is -4.88. The topological polar surface area (TPSA) is 26.3 Å². The molecule has 0 aliphatic carbocycles. The Balaban J connectivity index is 2.25. The van der Waals surface area contributed by atoms with Crippen LogP contribution in [0.4, 0.5) is 13.2 Å². The summed E-state index contributed by atoms with van der Waals surface area (Å²) in [6.07, 6.45) is -5.62. The van der Waals surface area contributed by atoms with Crippen molar-refractivity contribution in [1.82, 2.24) is 0 Å². The molecular formula is C21H15F3O2. The van der Waals surface area contributed by atoms with Crippen molar-refractivity contribution in [2.45, 2.75) is 18.5 Å². The van der Waals surface area contributed by atoms with E-state index in [0.717, 1.165) is 0 Å². The third-order valence-corrected chi connectivity index (χ3v) is 3.52. The Morgan fingerprint density at radius 1 is 1.04 bits per heavy atom. The first-order valence-electron chi connectivity index (χ1n) is 7.71. The molecule has 2 nitrogen and oxygen atoms in total. The van der Waals surface area contributed by atoms with Gasteiger partial charge in [-0.2, -0.15) is 13.2 Å². The number of hydrogen-bond donors (Lipinski definition) is 0. The Morgan fingerprint density at radius 3 is 2.35 bits per heavy atom. The number of ketones is 1. The molecule has 0 heterocycles. The van der Waals surface area contributed by atoms with Gasteiger partial charge in [-0.15, -0.1) is 0 Å². The highest BCUT2D eigenvalue weighted by atomic mass is 19.4. The maximum atomic E-state index is 12.6. The van der Waals surface area contributed by atoms with Crippen LogP contribution in [0.25, 0.3) is 0 Å². The van der Waals surface area contributed by atoms with Crippen LogP contribution in [0.1, 0.15) is 23.5 Å². The van der Waals surface area contributed by atoms with Gasteiger partial charge in [0, 0.05) is 6.42 Å². The Morgan fingerprint density at radius 2 is 1.69 bits per heavy atom. The van der Waals surface area contributed by atoms with Crippen LogP contribution in [0.5, 0.6) is 5.75 Å². The Bertz CT molecular complexity index is 878. The van der Waals surface area contributed by atoms with Crippen LogP contribution < -0.4 is 4.74 Å². The maximum absolute atomic E-state index is 12.6. The predicted octanol–water partition coefficient (Wildman–Crippen LogP) is 4.36. The molecule has 0 spiro atoms. The van der Waals surface area contributed by atoms with Gasteiger partial charge in [-0.3, -0.25) is 4.79 Å². The van der Waals surface area contributed by atoms with Crippen molar-refractivity contribution in [1.29, 1.82) is 0 Å². The monoisotopic (exact) mass is 356 g/mol. The summed E-state index contributed by atoms with van der Waals surface area (Å²) in [4.78, 5) is 11.3. The molecule has 1 atom stereocenters. The third kappa shape index (κ3) is 5.43. The molecule has 0 unspecified atom stereocenters. The number of para-hydroxylation sites is 1. The average Bonchev–Trinajstić information content (AvgIpc) is 2.64. The van der Waals surface area contributed by atoms with E-state index in [-0.39, 0.29) is 0 Å². The summed E-state index contributed by atoms with van der Waals surface area (Å²) in [5, 5.41) is 0. The van der Waals surface area contributed by atoms with Crippen molar-refractivity contribution in [2.75, 3.05) is 7.11 Å². The van der Waals surface area contributed by atoms with E-state index in [2.05, 4.69) is 23.7 Å². The fourth-order valence-corrected chi connectivity index (χ4v) is 2.21. The van der Waals surface area contributed by atoms with Gasteiger partial charge in [0.05, 0.1) is 18.6 Å². The lowest BCUT2D eigenvalue weighted by Crippen LogP contribution is -2.24. The summed E-state index contributed by atoms with van der Waals surface area (Å²) in [5.74, 6) is 8.51. The Hall–Kier alpha value is -3.18. The van der Waals surface area contributed by atoms with Crippen LogP contribution >= 0.6 is 0 Å². The SMILES string of the molecule is COc1ccccc1C#CC#C[C@H](CC(=O)C(F)(F)F)c1ccccc1. The zero-order valence-electron chi connectivity index (χ0n) is 13.9. The minimum Gasteiger partial charge on any atom is -0.495 e. The van der Waals surface area contributed by atoms with E-state index in [1.54, 1.807) is 54.6 Å². The third-order valence-electron chi connectivity index (χ3n) is 3.52. The lowest BCUT2D eigenvalue weighted by molar-refractivity contribution is -0.171. The van der Waals surface area contributed by atoms with Gasteiger partial charge in [0.15, 0.2) is 0 Å². The number of carbonyl (C=O) groups is 1. The molecule has 2 aromatic rings. The van der Waals surface area contributed by atoms with E-state index in [0.29, 0.717) is 16.9 Å². The first-order valence-corrected chi connectivity index (χ1v) is 7.71. The molecule has 0 aromatic heterocycles. The van der Waals surface area contributed by atoms with Crippen molar-refractivity contribution in [3.8, 4) is 29.4 Å². The van der Waals surface area contributed by atoms with Crippen LogP contribution in [0.15, 0.2) is 54.6 Å². The molecule has 0 amide bonds. The Kier molecular flexibility index (Phi) is 6.47. The van der Waals surface area contributed by atoms with E-state index in [9.17, 15) is 18.0 Å². The highest BCUT2D eigenvalue weighted by Crippen LogP contribution is 2.25. The largest absolute Gasteiger partial charge is 0.495 e. The fraction of sp³-hybridized carbons (Fsp3) is 0.190. The summed E-state index contributed by atoms with van der Waals surface area (Å²) < 4.78 is 42.9. The van der Waals surface area contributed by atoms with Gasteiger partial charge in [-0.25, -0.2) is 0 Å². The fourth-order valence-electron chi connectivity index (χ4n) is 2.21. The second kappa shape index (κ2) is 8.78. The van der Waals surface area contributed by atoms with E-state index in [1.807, 2.05) is 0 Å². The molecule has 2 aromatic carbocycles. The molecule has 0 fully saturated rings. The normalized spacial score (nSPS) is 11.4. The van der Waals surface area contributed by atoms with E-state index >= 15 is 0 Å². The number of ether oxygens (including phenoxy) is 1. The molecule has 0 bridgehead atoms. The van der Waals surface area contributed by atoms with E-state index < -0.39 is 24.3 Å². The van der Waals surface area contributed by atoms with Crippen molar-refractivity contribution >= 4 is 5.78 Å². The molecule has 0 saturated heterocycles. The molecule has 0 radical (unpaired) electrons. The lowest BCUT2D eigenvalue weighted by Gasteiger charge is -2.11. The van der Waals surface area contributed by atoms with Crippen LogP contribution in [0.2, 0.25) is 0 Å². The van der Waals surface area contributed by atoms with Crippen molar-refractivity contribution in [3.05, 3.63) is 65.7 Å². The van der Waals surface area contributed by atoms with Crippen molar-refractivity contribution < 1.29 is 22.7 Å². The van der Waals surface area contributed by atoms with Gasteiger partial charge in [0.2, 0.25) is 5.78 Å². The number of halogens is 3. The number of carbonyl (C=O) groups excluding carboxylic acids is 1. The zero-order valence-corrected chi connectivity index (χ0v) is 13.9. The van der Waals surface area contributed by atoms with Gasteiger partial charge in [-0.05, 0) is 35.5 Å². The molecule has 5 heteroatoms. The number of hydrogen-bond acceptors (Lipinski definition) is 2. The van der Waals surface area contributed by atoms with Gasteiger partial charge in [-0.1, -0.05) is 48.4 Å². The van der Waals surface area contributed by atoms with Crippen LogP contribution in [-0.4, -0.2) is 19.1 Å².